The third-order valence-corrected chi connectivity index (χ3v) is 4.74. The number of ether oxygens (including phenoxy) is 2. The molecule has 2 aromatic carbocycles. The fraction of sp³-hybridized carbons (Fsp3) is 0.263. The summed E-state index contributed by atoms with van der Waals surface area (Å²) in [4.78, 5) is 25.9. The van der Waals surface area contributed by atoms with E-state index in [2.05, 4.69) is 26.7 Å². The van der Waals surface area contributed by atoms with E-state index >= 15 is 0 Å². The second kappa shape index (κ2) is 7.70. The number of anilines is 1. The molecule has 0 N–H and O–H groups in total. The minimum Gasteiger partial charge on any atom is -0.483 e. The second-order valence-corrected chi connectivity index (χ2v) is 6.56. The van der Waals surface area contributed by atoms with Crippen LogP contribution in [0.3, 0.4) is 0 Å². The molecule has 1 amide bonds. The van der Waals surface area contributed by atoms with Gasteiger partial charge >= 0.3 is 5.97 Å². The average molecular weight is 404 g/mol. The predicted octanol–water partition coefficient (Wildman–Crippen LogP) is 3.59. The average Bonchev–Trinajstić information content (AvgIpc) is 2.65. The van der Waals surface area contributed by atoms with Crippen LogP contribution in [0.25, 0.3) is 0 Å². The fourth-order valence-corrected chi connectivity index (χ4v) is 3.37. The van der Waals surface area contributed by atoms with Crippen molar-refractivity contribution in [1.29, 1.82) is 0 Å². The molecule has 130 valence electrons. The van der Waals surface area contributed by atoms with E-state index in [1.165, 1.54) is 12.7 Å². The molecule has 0 bridgehead atoms. The van der Waals surface area contributed by atoms with Gasteiger partial charge in [-0.25, -0.2) is 4.79 Å². The van der Waals surface area contributed by atoms with Crippen LogP contribution in [-0.2, 0) is 16.0 Å². The Hall–Kier alpha value is -2.34. The standard InChI is InChI=1S/C19H18BrNO4/c1-24-19(23)14-8-9-17(15(20)11-14)25-12-18(22)21-10-4-6-13-5-2-3-7-16(13)21/h2-3,5,7-9,11H,4,6,10,12H2,1H3. The van der Waals surface area contributed by atoms with E-state index in [-0.39, 0.29) is 12.5 Å². The Morgan fingerprint density at radius 1 is 1.20 bits per heavy atom. The molecule has 6 heteroatoms. The van der Waals surface area contributed by atoms with E-state index in [4.69, 9.17) is 4.74 Å². The first-order chi connectivity index (χ1) is 12.1. The van der Waals surface area contributed by atoms with Crippen LogP contribution >= 0.6 is 15.9 Å². The van der Waals surface area contributed by atoms with Crippen LogP contribution in [0.2, 0.25) is 0 Å². The highest BCUT2D eigenvalue weighted by molar-refractivity contribution is 9.10. The molecule has 0 radical (unpaired) electrons. The van der Waals surface area contributed by atoms with Crippen molar-refractivity contribution in [3.63, 3.8) is 0 Å². The van der Waals surface area contributed by atoms with Crippen molar-refractivity contribution in [2.24, 2.45) is 0 Å². The summed E-state index contributed by atoms with van der Waals surface area (Å²) in [5.74, 6) is -0.00403. The second-order valence-electron chi connectivity index (χ2n) is 5.70. The quantitative estimate of drug-likeness (QED) is 0.731. The van der Waals surface area contributed by atoms with Crippen LogP contribution < -0.4 is 9.64 Å². The Kier molecular flexibility index (Phi) is 5.38. The maximum atomic E-state index is 12.6. The maximum absolute atomic E-state index is 12.6. The number of nitrogens with zero attached hydrogens (tertiary/aromatic N) is 1. The van der Waals surface area contributed by atoms with E-state index in [0.29, 0.717) is 22.3 Å². The van der Waals surface area contributed by atoms with Gasteiger partial charge in [0.05, 0.1) is 17.1 Å². The number of hydrogen-bond donors (Lipinski definition) is 0. The van der Waals surface area contributed by atoms with Gasteiger partial charge in [0.2, 0.25) is 0 Å². The van der Waals surface area contributed by atoms with E-state index < -0.39 is 5.97 Å². The molecule has 0 saturated carbocycles. The number of rotatable bonds is 4. The zero-order valence-corrected chi connectivity index (χ0v) is 15.4. The lowest BCUT2D eigenvalue weighted by Gasteiger charge is -2.29. The number of esters is 1. The fourth-order valence-electron chi connectivity index (χ4n) is 2.87. The van der Waals surface area contributed by atoms with Gasteiger partial charge in [-0.2, -0.15) is 0 Å². The number of benzene rings is 2. The molecule has 1 heterocycles. The highest BCUT2D eigenvalue weighted by Gasteiger charge is 2.22. The van der Waals surface area contributed by atoms with Crippen LogP contribution in [0.1, 0.15) is 22.3 Å². The number of para-hydroxylation sites is 1. The van der Waals surface area contributed by atoms with Crippen LogP contribution in [0.5, 0.6) is 5.75 Å². The molecule has 0 saturated heterocycles. The van der Waals surface area contributed by atoms with Gasteiger partial charge in [0.25, 0.3) is 5.91 Å². The Morgan fingerprint density at radius 2 is 2.00 bits per heavy atom. The molecule has 25 heavy (non-hydrogen) atoms. The molecule has 1 aliphatic rings. The molecule has 5 nitrogen and oxygen atoms in total. The van der Waals surface area contributed by atoms with E-state index in [1.54, 1.807) is 23.1 Å². The molecule has 0 aromatic heterocycles. The number of aryl methyl sites for hydroxylation is 1. The summed E-state index contributed by atoms with van der Waals surface area (Å²) in [6, 6.07) is 12.8. The minimum atomic E-state index is -0.423. The number of amides is 1. The predicted molar refractivity (Wildman–Crippen MR) is 98.1 cm³/mol. The van der Waals surface area contributed by atoms with Crippen molar-refractivity contribution in [3.8, 4) is 5.75 Å². The van der Waals surface area contributed by atoms with Gasteiger partial charge in [0.15, 0.2) is 6.61 Å². The zero-order chi connectivity index (χ0) is 17.8. The van der Waals surface area contributed by atoms with Crippen molar-refractivity contribution in [2.75, 3.05) is 25.2 Å². The van der Waals surface area contributed by atoms with Gasteiger partial charge in [-0.3, -0.25) is 4.79 Å². The van der Waals surface area contributed by atoms with Gasteiger partial charge < -0.3 is 14.4 Å². The van der Waals surface area contributed by atoms with Crippen molar-refractivity contribution < 1.29 is 19.1 Å². The van der Waals surface area contributed by atoms with Crippen molar-refractivity contribution >= 4 is 33.5 Å². The summed E-state index contributed by atoms with van der Waals surface area (Å²) in [6.07, 6.45) is 1.93. The summed E-state index contributed by atoms with van der Waals surface area (Å²) in [7, 11) is 1.33. The Morgan fingerprint density at radius 3 is 2.76 bits per heavy atom. The number of fused-ring (bicyclic) bond motifs is 1. The molecular formula is C19H18BrNO4. The van der Waals surface area contributed by atoms with Gasteiger partial charge in [-0.15, -0.1) is 0 Å². The van der Waals surface area contributed by atoms with Crippen LogP contribution in [0.4, 0.5) is 5.69 Å². The summed E-state index contributed by atoms with van der Waals surface area (Å²) in [5, 5.41) is 0. The molecule has 0 spiro atoms. The Bertz CT molecular complexity index is 806. The van der Waals surface area contributed by atoms with E-state index in [9.17, 15) is 9.59 Å². The Labute approximate surface area is 154 Å². The summed E-state index contributed by atoms with van der Waals surface area (Å²) < 4.78 is 10.9. The third-order valence-electron chi connectivity index (χ3n) is 4.12. The number of carbonyl (C=O) groups is 2. The minimum absolute atomic E-state index is 0.0650. The van der Waals surface area contributed by atoms with Crippen molar-refractivity contribution in [2.45, 2.75) is 12.8 Å². The highest BCUT2D eigenvalue weighted by Crippen LogP contribution is 2.28. The largest absolute Gasteiger partial charge is 0.483 e. The van der Waals surface area contributed by atoms with Gasteiger partial charge in [0.1, 0.15) is 5.75 Å². The van der Waals surface area contributed by atoms with Gasteiger partial charge in [0, 0.05) is 12.2 Å². The van der Waals surface area contributed by atoms with Crippen LogP contribution in [0.15, 0.2) is 46.9 Å². The van der Waals surface area contributed by atoms with E-state index in [0.717, 1.165) is 18.5 Å². The number of carbonyl (C=O) groups excluding carboxylic acids is 2. The van der Waals surface area contributed by atoms with Gasteiger partial charge in [-0.1, -0.05) is 18.2 Å². The van der Waals surface area contributed by atoms with Gasteiger partial charge in [-0.05, 0) is 58.6 Å². The molecule has 0 unspecified atom stereocenters. The lowest BCUT2D eigenvalue weighted by atomic mass is 10.0. The SMILES string of the molecule is COC(=O)c1ccc(OCC(=O)N2CCCc3ccccc32)c(Br)c1. The molecule has 2 aromatic rings. The Balaban J connectivity index is 1.68. The first-order valence-electron chi connectivity index (χ1n) is 7.99. The number of hydrogen-bond acceptors (Lipinski definition) is 4. The summed E-state index contributed by atoms with van der Waals surface area (Å²) in [6.45, 7) is 0.631. The lowest BCUT2D eigenvalue weighted by molar-refractivity contribution is -0.120. The smallest absolute Gasteiger partial charge is 0.337 e. The van der Waals surface area contributed by atoms with Crippen molar-refractivity contribution in [3.05, 3.63) is 58.1 Å². The first-order valence-corrected chi connectivity index (χ1v) is 8.78. The lowest BCUT2D eigenvalue weighted by Crippen LogP contribution is -2.38. The highest BCUT2D eigenvalue weighted by atomic mass is 79.9. The summed E-state index contributed by atoms with van der Waals surface area (Å²) in [5.41, 5.74) is 2.56. The number of halogens is 1. The van der Waals surface area contributed by atoms with Crippen LogP contribution in [-0.4, -0.2) is 32.1 Å². The molecule has 0 fully saturated rings. The molecule has 1 aliphatic heterocycles. The number of methoxy groups -OCH3 is 1. The molecule has 0 aliphatic carbocycles. The zero-order valence-electron chi connectivity index (χ0n) is 13.8. The molecule has 3 rings (SSSR count). The van der Waals surface area contributed by atoms with E-state index in [1.807, 2.05) is 18.2 Å². The maximum Gasteiger partial charge on any atom is 0.337 e. The third kappa shape index (κ3) is 3.85. The first kappa shape index (κ1) is 17.5. The monoisotopic (exact) mass is 403 g/mol. The topological polar surface area (TPSA) is 55.8 Å². The van der Waals surface area contributed by atoms with Crippen molar-refractivity contribution in [1.82, 2.24) is 0 Å². The normalized spacial score (nSPS) is 13.1. The molecule has 0 atom stereocenters. The molecular weight excluding hydrogens is 386 g/mol. The summed E-state index contributed by atoms with van der Waals surface area (Å²) >= 11 is 3.36. The van der Waals surface area contributed by atoms with Crippen LogP contribution in [0, 0.1) is 0 Å².